The van der Waals surface area contributed by atoms with Crippen molar-refractivity contribution in [3.63, 3.8) is 0 Å². The smallest absolute Gasteiger partial charge is 0.201 e. The fourth-order valence-corrected chi connectivity index (χ4v) is 2.00. The predicted octanol–water partition coefficient (Wildman–Crippen LogP) is 4.29. The molecule has 0 fully saturated rings. The zero-order valence-electron chi connectivity index (χ0n) is 9.79. The largest absolute Gasteiger partial charge is 0.451 e. The molecule has 0 aliphatic rings. The minimum Gasteiger partial charge on any atom is -0.451 e. The van der Waals surface area contributed by atoms with Gasteiger partial charge in [0.05, 0.1) is 0 Å². The van der Waals surface area contributed by atoms with Crippen molar-refractivity contribution < 1.29 is 17.9 Å². The first-order valence-electron chi connectivity index (χ1n) is 5.30. The van der Waals surface area contributed by atoms with E-state index in [-0.39, 0.29) is 15.2 Å². The fraction of sp³-hybridized carbons (Fsp3) is 0. The molecule has 0 saturated carbocycles. The van der Waals surface area contributed by atoms with Crippen LogP contribution in [-0.4, -0.2) is 4.99 Å². The summed E-state index contributed by atoms with van der Waals surface area (Å²) >= 11 is 7.70. The molecule has 0 aromatic heterocycles. The van der Waals surface area contributed by atoms with E-state index in [4.69, 9.17) is 22.7 Å². The molecule has 2 N–H and O–H groups in total. The molecule has 104 valence electrons. The van der Waals surface area contributed by atoms with Crippen LogP contribution in [0.4, 0.5) is 13.2 Å². The van der Waals surface area contributed by atoms with E-state index < -0.39 is 23.2 Å². The van der Waals surface area contributed by atoms with Crippen molar-refractivity contribution in [3.05, 3.63) is 57.8 Å². The molecule has 7 heteroatoms. The molecule has 0 radical (unpaired) electrons. The standard InChI is InChI=1S/C13H7BrF3NOS/c14-7-4-9(16)12(17)11(5-7)19-10-2-1-6(13(18)20)3-8(10)15/h1-5H,(H2,18,20). The third-order valence-electron chi connectivity index (χ3n) is 2.40. The van der Waals surface area contributed by atoms with Crippen molar-refractivity contribution >= 4 is 33.1 Å². The molecule has 0 saturated heterocycles. The average molecular weight is 362 g/mol. The Morgan fingerprint density at radius 1 is 1.05 bits per heavy atom. The van der Waals surface area contributed by atoms with Crippen molar-refractivity contribution in [1.82, 2.24) is 0 Å². The number of rotatable bonds is 3. The zero-order valence-corrected chi connectivity index (χ0v) is 12.2. The highest BCUT2D eigenvalue weighted by atomic mass is 79.9. The lowest BCUT2D eigenvalue weighted by atomic mass is 10.2. The first-order valence-corrected chi connectivity index (χ1v) is 6.50. The van der Waals surface area contributed by atoms with Crippen molar-refractivity contribution in [2.75, 3.05) is 0 Å². The number of halogens is 4. The Labute approximate surface area is 126 Å². The van der Waals surface area contributed by atoms with Gasteiger partial charge < -0.3 is 10.5 Å². The van der Waals surface area contributed by atoms with Gasteiger partial charge in [0.25, 0.3) is 0 Å². The molecule has 0 spiro atoms. The van der Waals surface area contributed by atoms with Gasteiger partial charge >= 0.3 is 0 Å². The molecule has 0 aliphatic heterocycles. The Morgan fingerprint density at radius 3 is 2.35 bits per heavy atom. The van der Waals surface area contributed by atoms with Crippen LogP contribution in [0.25, 0.3) is 0 Å². The van der Waals surface area contributed by atoms with Gasteiger partial charge in [-0.25, -0.2) is 8.78 Å². The number of hydrogen-bond acceptors (Lipinski definition) is 2. The van der Waals surface area contributed by atoms with E-state index >= 15 is 0 Å². The van der Waals surface area contributed by atoms with E-state index in [1.165, 1.54) is 18.2 Å². The van der Waals surface area contributed by atoms with Crippen LogP contribution in [0.2, 0.25) is 0 Å². The van der Waals surface area contributed by atoms with Gasteiger partial charge in [-0.05, 0) is 30.3 Å². The lowest BCUT2D eigenvalue weighted by Crippen LogP contribution is -2.09. The summed E-state index contributed by atoms with van der Waals surface area (Å²) in [4.78, 5) is 0.0233. The van der Waals surface area contributed by atoms with Gasteiger partial charge in [0.2, 0.25) is 5.82 Å². The van der Waals surface area contributed by atoms with E-state index in [0.29, 0.717) is 5.56 Å². The molecule has 0 atom stereocenters. The van der Waals surface area contributed by atoms with Crippen LogP contribution in [0.3, 0.4) is 0 Å². The number of ether oxygens (including phenoxy) is 1. The van der Waals surface area contributed by atoms with Gasteiger partial charge in [-0.2, -0.15) is 4.39 Å². The van der Waals surface area contributed by atoms with E-state index in [0.717, 1.165) is 12.1 Å². The molecule has 0 aliphatic carbocycles. The molecule has 20 heavy (non-hydrogen) atoms. The second-order valence-corrected chi connectivity index (χ2v) is 5.17. The third kappa shape index (κ3) is 3.10. The van der Waals surface area contributed by atoms with Gasteiger partial charge in [-0.3, -0.25) is 0 Å². The van der Waals surface area contributed by atoms with Gasteiger partial charge in [-0.15, -0.1) is 0 Å². The maximum atomic E-state index is 13.8. The van der Waals surface area contributed by atoms with E-state index in [1.807, 2.05) is 0 Å². The minimum atomic E-state index is -1.20. The Hall–Kier alpha value is -1.60. The minimum absolute atomic E-state index is 0.0233. The van der Waals surface area contributed by atoms with Crippen molar-refractivity contribution in [2.45, 2.75) is 0 Å². The lowest BCUT2D eigenvalue weighted by Gasteiger charge is -2.09. The van der Waals surface area contributed by atoms with Crippen LogP contribution in [-0.2, 0) is 0 Å². The van der Waals surface area contributed by atoms with Gasteiger partial charge in [-0.1, -0.05) is 28.1 Å². The molecular weight excluding hydrogens is 355 g/mol. The van der Waals surface area contributed by atoms with Crippen LogP contribution in [0.5, 0.6) is 11.5 Å². The summed E-state index contributed by atoms with van der Waals surface area (Å²) in [7, 11) is 0. The van der Waals surface area contributed by atoms with E-state index in [9.17, 15) is 13.2 Å². The molecule has 0 unspecified atom stereocenters. The maximum absolute atomic E-state index is 13.8. The zero-order chi connectivity index (χ0) is 14.9. The van der Waals surface area contributed by atoms with E-state index in [2.05, 4.69) is 15.9 Å². The van der Waals surface area contributed by atoms with Crippen LogP contribution in [0.1, 0.15) is 5.56 Å². The number of benzene rings is 2. The number of thiocarbonyl (C=S) groups is 1. The molecule has 2 rings (SSSR count). The normalized spacial score (nSPS) is 10.4. The van der Waals surface area contributed by atoms with E-state index in [1.54, 1.807) is 0 Å². The van der Waals surface area contributed by atoms with Gasteiger partial charge in [0.15, 0.2) is 23.1 Å². The second-order valence-electron chi connectivity index (χ2n) is 3.81. The summed E-state index contributed by atoms with van der Waals surface area (Å²) in [5, 5.41) is 0. The predicted molar refractivity (Wildman–Crippen MR) is 76.4 cm³/mol. The Morgan fingerprint density at radius 2 is 1.75 bits per heavy atom. The molecule has 2 aromatic carbocycles. The molecule has 2 aromatic rings. The van der Waals surface area contributed by atoms with Crippen LogP contribution < -0.4 is 10.5 Å². The van der Waals surface area contributed by atoms with Gasteiger partial charge in [0.1, 0.15) is 4.99 Å². The summed E-state index contributed by atoms with van der Waals surface area (Å²) < 4.78 is 45.8. The number of nitrogens with two attached hydrogens (primary N) is 1. The lowest BCUT2D eigenvalue weighted by molar-refractivity contribution is 0.396. The fourth-order valence-electron chi connectivity index (χ4n) is 1.46. The Kier molecular flexibility index (Phi) is 4.29. The molecule has 0 bridgehead atoms. The quantitative estimate of drug-likeness (QED) is 0.654. The topological polar surface area (TPSA) is 35.2 Å². The first kappa shape index (κ1) is 14.8. The summed E-state index contributed by atoms with van der Waals surface area (Å²) in [6, 6.07) is 5.85. The highest BCUT2D eigenvalue weighted by Crippen LogP contribution is 2.31. The van der Waals surface area contributed by atoms with Crippen LogP contribution >= 0.6 is 28.1 Å². The SMILES string of the molecule is NC(=S)c1ccc(Oc2cc(Br)cc(F)c2F)c(F)c1. The van der Waals surface area contributed by atoms with Crippen LogP contribution in [0, 0.1) is 17.5 Å². The summed E-state index contributed by atoms with van der Waals surface area (Å²) in [6.07, 6.45) is 0. The van der Waals surface area contributed by atoms with Crippen molar-refractivity contribution in [2.24, 2.45) is 5.73 Å². The first-order chi connectivity index (χ1) is 9.38. The molecule has 0 heterocycles. The second kappa shape index (κ2) is 5.80. The maximum Gasteiger partial charge on any atom is 0.201 e. The number of hydrogen-bond donors (Lipinski definition) is 1. The highest BCUT2D eigenvalue weighted by Gasteiger charge is 2.14. The average Bonchev–Trinajstić information content (AvgIpc) is 2.37. The van der Waals surface area contributed by atoms with Gasteiger partial charge in [0, 0.05) is 10.0 Å². The van der Waals surface area contributed by atoms with Crippen LogP contribution in [0.15, 0.2) is 34.8 Å². The Balaban J connectivity index is 2.38. The van der Waals surface area contributed by atoms with Crippen molar-refractivity contribution in [3.8, 4) is 11.5 Å². The monoisotopic (exact) mass is 361 g/mol. The molecule has 0 amide bonds. The summed E-state index contributed by atoms with van der Waals surface area (Å²) in [5.74, 6) is -3.78. The third-order valence-corrected chi connectivity index (χ3v) is 3.09. The van der Waals surface area contributed by atoms with Crippen molar-refractivity contribution in [1.29, 1.82) is 0 Å². The summed E-state index contributed by atoms with van der Waals surface area (Å²) in [6.45, 7) is 0. The Bertz CT molecular complexity index is 694. The highest BCUT2D eigenvalue weighted by molar-refractivity contribution is 9.10. The summed E-state index contributed by atoms with van der Waals surface area (Å²) in [5.41, 5.74) is 5.67. The molecule has 2 nitrogen and oxygen atoms in total. The molecular formula is C13H7BrF3NOS.